The second-order valence-corrected chi connectivity index (χ2v) is 4.79. The standard InChI is InChI=1S/C12H19N3O2/c1-9-7-10(13-17-9)8-15-6-4-5-11(15)12(16)14(2)3/h7,11H,4-6,8H2,1-3H3. The second kappa shape index (κ2) is 4.87. The Bertz CT molecular complexity index is 400. The third-order valence-corrected chi connectivity index (χ3v) is 3.13. The molecule has 0 aliphatic carbocycles. The van der Waals surface area contributed by atoms with E-state index in [2.05, 4.69) is 10.1 Å². The van der Waals surface area contributed by atoms with Crippen LogP contribution in [0.5, 0.6) is 0 Å². The van der Waals surface area contributed by atoms with Gasteiger partial charge < -0.3 is 9.42 Å². The number of nitrogens with zero attached hydrogens (tertiary/aromatic N) is 3. The molecule has 94 valence electrons. The fourth-order valence-corrected chi connectivity index (χ4v) is 2.29. The normalized spacial score (nSPS) is 20.8. The van der Waals surface area contributed by atoms with Crippen molar-refractivity contribution in [3.05, 3.63) is 17.5 Å². The van der Waals surface area contributed by atoms with Gasteiger partial charge in [0, 0.05) is 26.7 Å². The molecule has 0 bridgehead atoms. The van der Waals surface area contributed by atoms with Gasteiger partial charge in [-0.05, 0) is 26.3 Å². The minimum atomic E-state index is 0.00186. The van der Waals surface area contributed by atoms with E-state index in [0.717, 1.165) is 30.8 Å². The van der Waals surface area contributed by atoms with Crippen LogP contribution in [0.25, 0.3) is 0 Å². The van der Waals surface area contributed by atoms with Gasteiger partial charge in [-0.1, -0.05) is 5.16 Å². The molecule has 0 radical (unpaired) electrons. The van der Waals surface area contributed by atoms with Gasteiger partial charge in [-0.3, -0.25) is 9.69 Å². The van der Waals surface area contributed by atoms with Gasteiger partial charge in [0.25, 0.3) is 0 Å². The fraction of sp³-hybridized carbons (Fsp3) is 0.667. The van der Waals surface area contributed by atoms with Crippen molar-refractivity contribution in [1.29, 1.82) is 0 Å². The van der Waals surface area contributed by atoms with E-state index in [9.17, 15) is 4.79 Å². The Labute approximate surface area is 101 Å². The van der Waals surface area contributed by atoms with Crippen molar-refractivity contribution >= 4 is 5.91 Å². The molecule has 1 amide bonds. The van der Waals surface area contributed by atoms with Gasteiger partial charge in [-0.15, -0.1) is 0 Å². The van der Waals surface area contributed by atoms with Crippen molar-refractivity contribution in [1.82, 2.24) is 15.0 Å². The number of carbonyl (C=O) groups is 1. The minimum absolute atomic E-state index is 0.00186. The number of rotatable bonds is 3. The van der Waals surface area contributed by atoms with Gasteiger partial charge >= 0.3 is 0 Å². The molecule has 5 nitrogen and oxygen atoms in total. The highest BCUT2D eigenvalue weighted by Gasteiger charge is 2.31. The molecule has 1 aliphatic rings. The van der Waals surface area contributed by atoms with Crippen LogP contribution in [0.1, 0.15) is 24.3 Å². The van der Waals surface area contributed by atoms with E-state index in [-0.39, 0.29) is 11.9 Å². The van der Waals surface area contributed by atoms with Crippen molar-refractivity contribution in [3.8, 4) is 0 Å². The van der Waals surface area contributed by atoms with Crippen LogP contribution in [0, 0.1) is 6.92 Å². The van der Waals surface area contributed by atoms with E-state index in [4.69, 9.17) is 4.52 Å². The Hall–Kier alpha value is -1.36. The largest absolute Gasteiger partial charge is 0.361 e. The number of aryl methyl sites for hydroxylation is 1. The summed E-state index contributed by atoms with van der Waals surface area (Å²) in [6, 6.07) is 1.93. The van der Waals surface area contributed by atoms with Crippen molar-refractivity contribution in [2.24, 2.45) is 0 Å². The Morgan fingerprint density at radius 2 is 2.41 bits per heavy atom. The molecule has 1 aromatic rings. The Kier molecular flexibility index (Phi) is 3.47. The summed E-state index contributed by atoms with van der Waals surface area (Å²) in [5.41, 5.74) is 0.904. The molecule has 2 heterocycles. The van der Waals surface area contributed by atoms with Crippen LogP contribution in [-0.2, 0) is 11.3 Å². The maximum Gasteiger partial charge on any atom is 0.239 e. The maximum absolute atomic E-state index is 12.0. The number of likely N-dealkylation sites (tertiary alicyclic amines) is 1. The predicted molar refractivity (Wildman–Crippen MR) is 63.4 cm³/mol. The zero-order valence-electron chi connectivity index (χ0n) is 10.6. The molecule has 2 rings (SSSR count). The molecule has 0 saturated carbocycles. The quantitative estimate of drug-likeness (QED) is 0.788. The number of hydrogen-bond donors (Lipinski definition) is 0. The molecule has 0 spiro atoms. The molecule has 1 aliphatic heterocycles. The van der Waals surface area contributed by atoms with Crippen LogP contribution < -0.4 is 0 Å². The molecule has 1 saturated heterocycles. The van der Waals surface area contributed by atoms with E-state index in [1.165, 1.54) is 0 Å². The predicted octanol–water partition coefficient (Wildman–Crippen LogP) is 1.04. The number of hydrogen-bond acceptors (Lipinski definition) is 4. The summed E-state index contributed by atoms with van der Waals surface area (Å²) >= 11 is 0. The minimum Gasteiger partial charge on any atom is -0.361 e. The average Bonchev–Trinajstić information content (AvgIpc) is 2.87. The molecule has 1 aromatic heterocycles. The molecule has 17 heavy (non-hydrogen) atoms. The van der Waals surface area contributed by atoms with Crippen LogP contribution in [0.15, 0.2) is 10.6 Å². The van der Waals surface area contributed by atoms with Crippen LogP contribution in [-0.4, -0.2) is 47.5 Å². The Morgan fingerprint density at radius 1 is 1.65 bits per heavy atom. The first-order chi connectivity index (χ1) is 8.08. The molecule has 1 fully saturated rings. The Balaban J connectivity index is 2.02. The van der Waals surface area contributed by atoms with Crippen LogP contribution in [0.2, 0.25) is 0 Å². The molecule has 0 aromatic carbocycles. The lowest BCUT2D eigenvalue weighted by Crippen LogP contribution is -2.42. The first-order valence-electron chi connectivity index (χ1n) is 5.95. The summed E-state index contributed by atoms with van der Waals surface area (Å²) in [7, 11) is 3.61. The lowest BCUT2D eigenvalue weighted by atomic mass is 10.2. The summed E-state index contributed by atoms with van der Waals surface area (Å²) in [6.45, 7) is 3.53. The van der Waals surface area contributed by atoms with Crippen molar-refractivity contribution < 1.29 is 9.32 Å². The highest BCUT2D eigenvalue weighted by Crippen LogP contribution is 2.21. The number of likely N-dealkylation sites (N-methyl/N-ethyl adjacent to an activating group) is 1. The summed E-state index contributed by atoms with van der Waals surface area (Å²) in [5, 5.41) is 3.98. The van der Waals surface area contributed by atoms with E-state index < -0.39 is 0 Å². The topological polar surface area (TPSA) is 49.6 Å². The summed E-state index contributed by atoms with van der Waals surface area (Å²) in [6.07, 6.45) is 2.01. The van der Waals surface area contributed by atoms with Crippen LogP contribution in [0.4, 0.5) is 0 Å². The summed E-state index contributed by atoms with van der Waals surface area (Å²) in [4.78, 5) is 15.8. The fourth-order valence-electron chi connectivity index (χ4n) is 2.29. The van der Waals surface area contributed by atoms with Gasteiger partial charge in [0.05, 0.1) is 11.7 Å². The molecule has 5 heteroatoms. The van der Waals surface area contributed by atoms with E-state index in [0.29, 0.717) is 6.54 Å². The van der Waals surface area contributed by atoms with Gasteiger partial charge in [0.2, 0.25) is 5.91 Å². The number of amides is 1. The zero-order chi connectivity index (χ0) is 12.4. The summed E-state index contributed by atoms with van der Waals surface area (Å²) in [5.74, 6) is 0.998. The lowest BCUT2D eigenvalue weighted by Gasteiger charge is -2.25. The highest BCUT2D eigenvalue weighted by molar-refractivity contribution is 5.81. The van der Waals surface area contributed by atoms with E-state index >= 15 is 0 Å². The number of carbonyl (C=O) groups excluding carboxylic acids is 1. The van der Waals surface area contributed by atoms with Crippen LogP contribution in [0.3, 0.4) is 0 Å². The number of aromatic nitrogens is 1. The molecular formula is C12H19N3O2. The van der Waals surface area contributed by atoms with E-state index in [1.807, 2.05) is 13.0 Å². The lowest BCUT2D eigenvalue weighted by molar-refractivity contribution is -0.133. The molecule has 1 atom stereocenters. The third-order valence-electron chi connectivity index (χ3n) is 3.13. The Morgan fingerprint density at radius 3 is 3.00 bits per heavy atom. The van der Waals surface area contributed by atoms with Crippen molar-refractivity contribution in [2.45, 2.75) is 32.4 Å². The summed E-state index contributed by atoms with van der Waals surface area (Å²) < 4.78 is 5.05. The van der Waals surface area contributed by atoms with Crippen LogP contribution >= 0.6 is 0 Å². The zero-order valence-corrected chi connectivity index (χ0v) is 10.6. The molecular weight excluding hydrogens is 218 g/mol. The first kappa shape index (κ1) is 12.1. The van der Waals surface area contributed by atoms with Gasteiger partial charge in [-0.2, -0.15) is 0 Å². The second-order valence-electron chi connectivity index (χ2n) is 4.79. The highest BCUT2D eigenvalue weighted by atomic mass is 16.5. The van der Waals surface area contributed by atoms with Gasteiger partial charge in [0.15, 0.2) is 0 Å². The average molecular weight is 237 g/mol. The monoisotopic (exact) mass is 237 g/mol. The molecule has 0 N–H and O–H groups in total. The first-order valence-corrected chi connectivity index (χ1v) is 5.95. The van der Waals surface area contributed by atoms with Crippen molar-refractivity contribution in [2.75, 3.05) is 20.6 Å². The smallest absolute Gasteiger partial charge is 0.239 e. The van der Waals surface area contributed by atoms with Gasteiger partial charge in [-0.25, -0.2) is 0 Å². The maximum atomic E-state index is 12.0. The molecule has 1 unspecified atom stereocenters. The SMILES string of the molecule is Cc1cc(CN2CCCC2C(=O)N(C)C)no1. The van der Waals surface area contributed by atoms with E-state index in [1.54, 1.807) is 19.0 Å². The van der Waals surface area contributed by atoms with Gasteiger partial charge in [0.1, 0.15) is 5.76 Å². The third kappa shape index (κ3) is 2.66. The van der Waals surface area contributed by atoms with Crippen molar-refractivity contribution in [3.63, 3.8) is 0 Å².